The van der Waals surface area contributed by atoms with Gasteiger partial charge in [0.05, 0.1) is 6.54 Å². The van der Waals surface area contributed by atoms with Gasteiger partial charge in [-0.2, -0.15) is 0 Å². The van der Waals surface area contributed by atoms with Crippen LogP contribution in [0.15, 0.2) is 84.9 Å². The number of rotatable bonds is 7. The second-order valence-corrected chi connectivity index (χ2v) is 8.07. The largest absolute Gasteiger partial charge is 0.330 e. The fourth-order valence-corrected chi connectivity index (χ4v) is 4.41. The number of para-hydroxylation sites is 1. The zero-order valence-electron chi connectivity index (χ0n) is 17.6. The molecule has 31 heavy (non-hydrogen) atoms. The summed E-state index contributed by atoms with van der Waals surface area (Å²) in [4.78, 5) is 15.1. The molecule has 1 heterocycles. The van der Waals surface area contributed by atoms with Crippen molar-refractivity contribution >= 4 is 24.0 Å². The van der Waals surface area contributed by atoms with Crippen molar-refractivity contribution in [2.24, 2.45) is 11.7 Å². The van der Waals surface area contributed by atoms with Gasteiger partial charge in [-0.25, -0.2) is 0 Å². The summed E-state index contributed by atoms with van der Waals surface area (Å²) in [5, 5.41) is 3.13. The highest BCUT2D eigenvalue weighted by Gasteiger charge is 2.33. The van der Waals surface area contributed by atoms with Gasteiger partial charge in [0, 0.05) is 24.7 Å². The fraction of sp³-hybridized carbons (Fsp3) is 0.269. The van der Waals surface area contributed by atoms with Gasteiger partial charge in [0.1, 0.15) is 0 Å². The van der Waals surface area contributed by atoms with Crippen molar-refractivity contribution in [3.63, 3.8) is 0 Å². The Morgan fingerprint density at radius 2 is 1.55 bits per heavy atom. The van der Waals surface area contributed by atoms with E-state index in [0.29, 0.717) is 24.9 Å². The van der Waals surface area contributed by atoms with Crippen LogP contribution in [0.5, 0.6) is 0 Å². The number of hydrogen-bond acceptors (Lipinski definition) is 3. The molecule has 1 aliphatic rings. The van der Waals surface area contributed by atoms with Gasteiger partial charge in [-0.15, -0.1) is 12.4 Å². The molecule has 3 N–H and O–H groups in total. The summed E-state index contributed by atoms with van der Waals surface area (Å²) in [7, 11) is 0. The van der Waals surface area contributed by atoms with Crippen LogP contribution in [-0.4, -0.2) is 37.0 Å². The second-order valence-electron chi connectivity index (χ2n) is 8.07. The zero-order chi connectivity index (χ0) is 20.8. The predicted octanol–water partition coefficient (Wildman–Crippen LogP) is 4.31. The molecule has 5 heteroatoms. The molecule has 0 spiro atoms. The molecule has 4 rings (SSSR count). The number of amides is 1. The van der Waals surface area contributed by atoms with E-state index in [-0.39, 0.29) is 18.3 Å². The molecule has 0 saturated carbocycles. The first-order valence-corrected chi connectivity index (χ1v) is 10.6. The Morgan fingerprint density at radius 1 is 0.903 bits per heavy atom. The maximum absolute atomic E-state index is 12.8. The Bertz CT molecular complexity index is 965. The number of hydrogen-bond donors (Lipinski definition) is 2. The topological polar surface area (TPSA) is 58.4 Å². The minimum absolute atomic E-state index is 0. The van der Waals surface area contributed by atoms with Crippen molar-refractivity contribution < 1.29 is 4.79 Å². The molecule has 3 aromatic carbocycles. The number of nitrogens with zero attached hydrogens (tertiary/aromatic N) is 1. The van der Waals surface area contributed by atoms with Crippen LogP contribution in [0, 0.1) is 5.92 Å². The molecule has 162 valence electrons. The molecule has 1 aliphatic heterocycles. The third-order valence-electron chi connectivity index (χ3n) is 5.94. The van der Waals surface area contributed by atoms with Crippen molar-refractivity contribution in [2.45, 2.75) is 12.3 Å². The lowest BCUT2D eigenvalue weighted by atomic mass is 9.89. The normalized spacial score (nSPS) is 18.4. The summed E-state index contributed by atoms with van der Waals surface area (Å²) in [6.07, 6.45) is 0.798. The minimum Gasteiger partial charge on any atom is -0.330 e. The van der Waals surface area contributed by atoms with Crippen LogP contribution in [0.3, 0.4) is 0 Å². The number of benzene rings is 3. The van der Waals surface area contributed by atoms with Crippen LogP contribution < -0.4 is 11.1 Å². The van der Waals surface area contributed by atoms with Crippen LogP contribution in [-0.2, 0) is 11.2 Å². The van der Waals surface area contributed by atoms with Crippen molar-refractivity contribution in [1.29, 1.82) is 0 Å². The summed E-state index contributed by atoms with van der Waals surface area (Å²) >= 11 is 0. The van der Waals surface area contributed by atoms with Gasteiger partial charge >= 0.3 is 0 Å². The number of carbonyl (C=O) groups excluding carboxylic acids is 1. The molecular weight excluding hydrogens is 406 g/mol. The average Bonchev–Trinajstić information content (AvgIpc) is 3.19. The first kappa shape index (κ1) is 23.0. The van der Waals surface area contributed by atoms with Gasteiger partial charge < -0.3 is 11.1 Å². The van der Waals surface area contributed by atoms with E-state index in [1.54, 1.807) is 0 Å². The van der Waals surface area contributed by atoms with Gasteiger partial charge in [-0.1, -0.05) is 78.9 Å². The molecule has 0 unspecified atom stereocenters. The van der Waals surface area contributed by atoms with Crippen molar-refractivity contribution in [3.05, 3.63) is 102 Å². The van der Waals surface area contributed by atoms with Crippen LogP contribution >= 0.6 is 12.4 Å². The van der Waals surface area contributed by atoms with Gasteiger partial charge in [0.2, 0.25) is 5.91 Å². The molecule has 1 saturated heterocycles. The maximum Gasteiger partial charge on any atom is 0.238 e. The molecule has 0 aromatic heterocycles. The molecule has 0 bridgehead atoms. The Morgan fingerprint density at radius 3 is 2.26 bits per heavy atom. The van der Waals surface area contributed by atoms with E-state index in [2.05, 4.69) is 52.7 Å². The van der Waals surface area contributed by atoms with Crippen molar-refractivity contribution in [1.82, 2.24) is 4.90 Å². The van der Waals surface area contributed by atoms with Crippen LogP contribution in [0.25, 0.3) is 0 Å². The zero-order valence-corrected chi connectivity index (χ0v) is 18.4. The van der Waals surface area contributed by atoms with Crippen LogP contribution in [0.2, 0.25) is 0 Å². The molecule has 3 aromatic rings. The van der Waals surface area contributed by atoms with E-state index in [1.807, 2.05) is 42.5 Å². The van der Waals surface area contributed by atoms with Gasteiger partial charge in [-0.05, 0) is 41.6 Å². The third-order valence-corrected chi connectivity index (χ3v) is 5.94. The van der Waals surface area contributed by atoms with Gasteiger partial charge in [0.15, 0.2) is 0 Å². The number of carbonyl (C=O) groups is 1. The second kappa shape index (κ2) is 11.1. The van der Waals surface area contributed by atoms with Crippen LogP contribution in [0.4, 0.5) is 5.69 Å². The summed E-state index contributed by atoms with van der Waals surface area (Å²) in [6.45, 7) is 2.75. The van der Waals surface area contributed by atoms with Gasteiger partial charge in [0.25, 0.3) is 0 Å². The molecular formula is C26H30ClN3O. The summed E-state index contributed by atoms with van der Waals surface area (Å²) in [6, 6.07) is 28.9. The van der Waals surface area contributed by atoms with Crippen molar-refractivity contribution in [3.8, 4) is 0 Å². The Kier molecular flexibility index (Phi) is 8.24. The molecule has 4 nitrogen and oxygen atoms in total. The highest BCUT2D eigenvalue weighted by atomic mass is 35.5. The third kappa shape index (κ3) is 5.95. The standard InChI is InChI=1S/C26H29N3O.ClH/c27-16-23-17-29(18-24(23)21-11-5-2-6-12-21)19-26(30)28-25-14-8-7-13-22(25)15-20-9-3-1-4-10-20;/h1-14,23-24H,15-19,27H2,(H,28,30);1H/t23-,24+;/m1./s1. The molecule has 2 atom stereocenters. The molecule has 0 aliphatic carbocycles. The lowest BCUT2D eigenvalue weighted by Gasteiger charge is -2.17. The lowest BCUT2D eigenvalue weighted by molar-refractivity contribution is -0.117. The molecule has 1 fully saturated rings. The van der Waals surface area contributed by atoms with E-state index in [4.69, 9.17) is 5.73 Å². The van der Waals surface area contributed by atoms with E-state index >= 15 is 0 Å². The summed E-state index contributed by atoms with van der Waals surface area (Å²) in [5.41, 5.74) is 10.6. The predicted molar refractivity (Wildman–Crippen MR) is 130 cm³/mol. The number of halogens is 1. The first-order valence-electron chi connectivity index (χ1n) is 10.6. The number of likely N-dealkylation sites (tertiary alicyclic amines) is 1. The highest BCUT2D eigenvalue weighted by molar-refractivity contribution is 5.93. The Labute approximate surface area is 190 Å². The lowest BCUT2D eigenvalue weighted by Crippen LogP contribution is -2.32. The number of anilines is 1. The van der Waals surface area contributed by atoms with E-state index in [1.165, 1.54) is 11.1 Å². The summed E-state index contributed by atoms with van der Waals surface area (Å²) < 4.78 is 0. The van der Waals surface area contributed by atoms with Crippen molar-refractivity contribution in [2.75, 3.05) is 31.5 Å². The highest BCUT2D eigenvalue weighted by Crippen LogP contribution is 2.31. The Balaban J connectivity index is 0.00000272. The monoisotopic (exact) mass is 435 g/mol. The Hall–Kier alpha value is -2.66. The quantitative estimate of drug-likeness (QED) is 0.581. The molecule has 1 amide bonds. The fourth-order valence-electron chi connectivity index (χ4n) is 4.41. The summed E-state index contributed by atoms with van der Waals surface area (Å²) in [5.74, 6) is 0.792. The smallest absolute Gasteiger partial charge is 0.238 e. The molecule has 0 radical (unpaired) electrons. The SMILES string of the molecule is Cl.NC[C@@H]1CN(CC(=O)Nc2ccccc2Cc2ccccc2)C[C@H]1c1ccccc1. The average molecular weight is 436 g/mol. The van der Waals surface area contributed by atoms with Crippen LogP contribution in [0.1, 0.15) is 22.6 Å². The number of nitrogens with one attached hydrogen (secondary N) is 1. The van der Waals surface area contributed by atoms with E-state index in [0.717, 1.165) is 30.8 Å². The minimum atomic E-state index is 0. The first-order chi connectivity index (χ1) is 14.7. The number of nitrogens with two attached hydrogens (primary N) is 1. The van der Waals surface area contributed by atoms with Gasteiger partial charge in [-0.3, -0.25) is 9.69 Å². The van der Waals surface area contributed by atoms with E-state index in [9.17, 15) is 4.79 Å². The maximum atomic E-state index is 12.8. The van der Waals surface area contributed by atoms with E-state index < -0.39 is 0 Å².